The summed E-state index contributed by atoms with van der Waals surface area (Å²) < 4.78 is 5.72. The highest BCUT2D eigenvalue weighted by Gasteiger charge is 2.22. The fraction of sp³-hybridized carbons (Fsp3) is 0.308. The average molecular weight is 517 g/mol. The molecular formula is C26H29Cl2N4OS+. The van der Waals surface area contributed by atoms with Crippen LogP contribution in [-0.4, -0.2) is 23.6 Å². The molecule has 0 radical (unpaired) electrons. The van der Waals surface area contributed by atoms with E-state index in [9.17, 15) is 4.79 Å². The van der Waals surface area contributed by atoms with Crippen molar-refractivity contribution in [3.63, 3.8) is 0 Å². The smallest absolute Gasteiger partial charge is 0.282 e. The fourth-order valence-electron chi connectivity index (χ4n) is 4.20. The van der Waals surface area contributed by atoms with Gasteiger partial charge in [0.05, 0.1) is 23.6 Å². The number of carbonyl (C=O) groups excluding carboxylic acids is 1. The first kappa shape index (κ1) is 24.7. The molecule has 34 heavy (non-hydrogen) atoms. The fourth-order valence-corrected chi connectivity index (χ4v) is 5.44. The van der Waals surface area contributed by atoms with Gasteiger partial charge in [0.25, 0.3) is 5.82 Å². The maximum absolute atomic E-state index is 11.8. The summed E-state index contributed by atoms with van der Waals surface area (Å²) in [6, 6.07) is 12.3. The van der Waals surface area contributed by atoms with Crippen molar-refractivity contribution in [2.75, 3.05) is 13.1 Å². The minimum atomic E-state index is 0.0660. The van der Waals surface area contributed by atoms with E-state index in [-0.39, 0.29) is 5.91 Å². The third-order valence-corrected chi connectivity index (χ3v) is 7.67. The van der Waals surface area contributed by atoms with Crippen LogP contribution in [0.2, 0.25) is 10.0 Å². The number of aryl methyl sites for hydroxylation is 2. The maximum Gasteiger partial charge on any atom is 0.282 e. The van der Waals surface area contributed by atoms with Gasteiger partial charge in [0.15, 0.2) is 11.0 Å². The Labute approximate surface area is 213 Å². The molecule has 1 amide bonds. The predicted molar refractivity (Wildman–Crippen MR) is 144 cm³/mol. The zero-order valence-electron chi connectivity index (χ0n) is 19.2. The van der Waals surface area contributed by atoms with Gasteiger partial charge in [-0.2, -0.15) is 0 Å². The Morgan fingerprint density at radius 2 is 1.94 bits per heavy atom. The highest BCUT2D eigenvalue weighted by atomic mass is 35.5. The van der Waals surface area contributed by atoms with E-state index in [1.165, 1.54) is 15.6 Å². The molecule has 4 rings (SSSR count). The molecule has 2 heterocycles. The van der Waals surface area contributed by atoms with Crippen molar-refractivity contribution in [2.24, 2.45) is 12.8 Å². The highest BCUT2D eigenvalue weighted by Crippen LogP contribution is 2.30. The summed E-state index contributed by atoms with van der Waals surface area (Å²) in [5, 5.41) is 7.37. The number of thiophene rings is 1. The molecule has 0 aliphatic heterocycles. The summed E-state index contributed by atoms with van der Waals surface area (Å²) in [5.41, 5.74) is 8.73. The van der Waals surface area contributed by atoms with Crippen molar-refractivity contribution in [1.29, 1.82) is 0 Å². The van der Waals surface area contributed by atoms with E-state index >= 15 is 0 Å². The number of halogens is 2. The number of unbranched alkanes of at least 4 members (excludes halogenated alkanes) is 2. The van der Waals surface area contributed by atoms with Crippen LogP contribution in [0.15, 0.2) is 41.8 Å². The second kappa shape index (κ2) is 11.4. The van der Waals surface area contributed by atoms with E-state index in [0.29, 0.717) is 29.6 Å². The molecule has 0 fully saturated rings. The molecule has 0 spiro atoms. The third-order valence-electron chi connectivity index (χ3n) is 5.96. The van der Waals surface area contributed by atoms with Gasteiger partial charge in [-0.3, -0.25) is 4.79 Å². The first-order chi connectivity index (χ1) is 16.5. The summed E-state index contributed by atoms with van der Waals surface area (Å²) >= 11 is 14.5. The van der Waals surface area contributed by atoms with Gasteiger partial charge in [-0.15, -0.1) is 11.3 Å². The number of nitrogens with two attached hydrogens (primary N) is 1. The van der Waals surface area contributed by atoms with E-state index in [4.69, 9.17) is 28.9 Å². The molecular weight excluding hydrogens is 487 g/mol. The van der Waals surface area contributed by atoms with Crippen molar-refractivity contribution in [2.45, 2.75) is 32.2 Å². The Balaban J connectivity index is 1.57. The Hall–Kier alpha value is -2.38. The lowest BCUT2D eigenvalue weighted by atomic mass is 10.1. The monoisotopic (exact) mass is 515 g/mol. The minimum Gasteiger partial charge on any atom is -0.355 e. The second-order valence-corrected chi connectivity index (χ2v) is 10.0. The number of benzene rings is 2. The lowest BCUT2D eigenvalue weighted by Gasteiger charge is -2.04. The van der Waals surface area contributed by atoms with Crippen molar-refractivity contribution in [3.05, 3.63) is 63.2 Å². The first-order valence-electron chi connectivity index (χ1n) is 11.5. The quantitative estimate of drug-likeness (QED) is 0.207. The molecule has 5 nitrogen and oxygen atoms in total. The van der Waals surface area contributed by atoms with Gasteiger partial charge in [-0.25, -0.2) is 9.13 Å². The second-order valence-electron chi connectivity index (χ2n) is 8.29. The molecule has 3 N–H and O–H groups in total. The van der Waals surface area contributed by atoms with Crippen LogP contribution in [0.25, 0.3) is 33.3 Å². The number of amides is 1. The zero-order valence-corrected chi connectivity index (χ0v) is 21.5. The van der Waals surface area contributed by atoms with E-state index in [0.717, 1.165) is 42.7 Å². The van der Waals surface area contributed by atoms with Gasteiger partial charge in [-0.1, -0.05) is 41.4 Å². The largest absolute Gasteiger partial charge is 0.355 e. The van der Waals surface area contributed by atoms with Gasteiger partial charge < -0.3 is 11.1 Å². The van der Waals surface area contributed by atoms with Crippen LogP contribution < -0.4 is 15.6 Å². The lowest BCUT2D eigenvalue weighted by molar-refractivity contribution is -0.647. The average Bonchev–Trinajstić information content (AvgIpc) is 3.35. The summed E-state index contributed by atoms with van der Waals surface area (Å²) in [6.45, 7) is 1.82. The number of carbonyl (C=O) groups is 1. The van der Waals surface area contributed by atoms with E-state index < -0.39 is 0 Å². The SMILES string of the molecule is C[n+]1c(/C=C/c2csc3ccccc23)n(CCCCCC(=O)NCCN)c2cc(Cl)c(Cl)cc21. The van der Waals surface area contributed by atoms with E-state index in [2.05, 4.69) is 63.3 Å². The van der Waals surface area contributed by atoms with E-state index in [1.807, 2.05) is 12.1 Å². The van der Waals surface area contributed by atoms with E-state index in [1.54, 1.807) is 11.3 Å². The molecule has 4 aromatic rings. The third kappa shape index (κ3) is 5.47. The van der Waals surface area contributed by atoms with Gasteiger partial charge in [0.2, 0.25) is 5.91 Å². The molecule has 178 valence electrons. The topological polar surface area (TPSA) is 63.9 Å². The number of hydrogen-bond acceptors (Lipinski definition) is 3. The van der Waals surface area contributed by atoms with Gasteiger partial charge >= 0.3 is 0 Å². The summed E-state index contributed by atoms with van der Waals surface area (Å²) in [4.78, 5) is 11.8. The molecule has 0 saturated heterocycles. The van der Waals surface area contributed by atoms with Gasteiger partial charge in [0.1, 0.15) is 0 Å². The number of fused-ring (bicyclic) bond motifs is 2. The van der Waals surface area contributed by atoms with Crippen LogP contribution in [0, 0.1) is 0 Å². The lowest BCUT2D eigenvalue weighted by Crippen LogP contribution is -2.31. The molecule has 2 aromatic heterocycles. The number of rotatable bonds is 10. The molecule has 0 aliphatic carbocycles. The first-order valence-corrected chi connectivity index (χ1v) is 13.1. The molecule has 0 bridgehead atoms. The summed E-state index contributed by atoms with van der Waals surface area (Å²) in [5.74, 6) is 1.14. The van der Waals surface area contributed by atoms with Crippen LogP contribution in [0.4, 0.5) is 0 Å². The highest BCUT2D eigenvalue weighted by molar-refractivity contribution is 7.17. The summed E-state index contributed by atoms with van der Waals surface area (Å²) in [7, 11) is 2.05. The van der Waals surface area contributed by atoms with Gasteiger partial charge in [-0.05, 0) is 47.7 Å². The standard InChI is InChI=1S/C26H28Cl2N4OS/c1-31-22-15-20(27)21(28)16-23(22)32(14-6-2-3-9-25(33)30-13-12-29)26(31)11-10-18-17-34-24-8-5-4-7-19(18)24/h4-5,7-8,10-11,15-17H,2-3,6,9,12-14,29H2,1H3/p+1/b11-10+. The van der Waals surface area contributed by atoms with Gasteiger partial charge in [0, 0.05) is 42.4 Å². The molecule has 8 heteroatoms. The number of aromatic nitrogens is 2. The Bertz CT molecular complexity index is 1340. The normalized spacial score (nSPS) is 11.8. The Morgan fingerprint density at radius 1 is 1.15 bits per heavy atom. The molecule has 0 aliphatic rings. The van der Waals surface area contributed by atoms with Crippen LogP contribution in [0.1, 0.15) is 37.1 Å². The van der Waals surface area contributed by atoms with Crippen LogP contribution in [0.5, 0.6) is 0 Å². The van der Waals surface area contributed by atoms with Crippen molar-refractivity contribution >= 4 is 73.7 Å². The van der Waals surface area contributed by atoms with Crippen LogP contribution in [-0.2, 0) is 18.4 Å². The predicted octanol–water partition coefficient (Wildman–Crippen LogP) is 5.79. The van der Waals surface area contributed by atoms with Crippen molar-refractivity contribution in [3.8, 4) is 0 Å². The van der Waals surface area contributed by atoms with Crippen molar-refractivity contribution < 1.29 is 9.36 Å². The summed E-state index contributed by atoms with van der Waals surface area (Å²) in [6.07, 6.45) is 7.63. The van der Waals surface area contributed by atoms with Crippen molar-refractivity contribution in [1.82, 2.24) is 9.88 Å². The minimum absolute atomic E-state index is 0.0660. The Morgan fingerprint density at radius 3 is 2.76 bits per heavy atom. The molecule has 0 saturated carbocycles. The number of hydrogen-bond donors (Lipinski definition) is 2. The van der Waals surface area contributed by atoms with Crippen LogP contribution >= 0.6 is 34.5 Å². The number of imidazole rings is 1. The molecule has 0 unspecified atom stereocenters. The maximum atomic E-state index is 11.8. The molecule has 0 atom stereocenters. The molecule has 2 aromatic carbocycles. The number of nitrogens with one attached hydrogen (secondary N) is 1. The number of nitrogens with zero attached hydrogens (tertiary/aromatic N) is 2. The Kier molecular flexibility index (Phi) is 8.27. The zero-order chi connectivity index (χ0) is 24.1. The van der Waals surface area contributed by atoms with Crippen LogP contribution in [0.3, 0.4) is 0 Å².